The van der Waals surface area contributed by atoms with Crippen molar-refractivity contribution < 1.29 is 15.0 Å². The van der Waals surface area contributed by atoms with E-state index in [4.69, 9.17) is 0 Å². The van der Waals surface area contributed by atoms with Gasteiger partial charge in [-0.05, 0) is 24.1 Å². The third-order valence-corrected chi connectivity index (χ3v) is 3.90. The zero-order valence-electron chi connectivity index (χ0n) is 11.6. The van der Waals surface area contributed by atoms with Crippen LogP contribution in [0.15, 0.2) is 48.5 Å². The van der Waals surface area contributed by atoms with Crippen molar-refractivity contribution in [2.75, 3.05) is 13.1 Å². The van der Waals surface area contributed by atoms with Crippen LogP contribution in [0.5, 0.6) is 11.5 Å². The predicted octanol–water partition coefficient (Wildman–Crippen LogP) is 2.73. The lowest BCUT2D eigenvalue weighted by atomic mass is 9.99. The van der Waals surface area contributed by atoms with E-state index in [2.05, 4.69) is 12.1 Å². The van der Waals surface area contributed by atoms with E-state index in [9.17, 15) is 15.0 Å². The minimum Gasteiger partial charge on any atom is -0.508 e. The Labute approximate surface area is 123 Å². The smallest absolute Gasteiger partial charge is 0.254 e. The molecule has 3 rings (SSSR count). The molecular formula is C17H17NO3. The van der Waals surface area contributed by atoms with Gasteiger partial charge in [-0.1, -0.05) is 30.3 Å². The SMILES string of the molecule is O=C(c1cc(O)cc(O)c1)N1CCC(c2ccccc2)C1. The molecule has 0 saturated carbocycles. The van der Waals surface area contributed by atoms with Crippen molar-refractivity contribution in [1.82, 2.24) is 4.90 Å². The van der Waals surface area contributed by atoms with Gasteiger partial charge in [-0.25, -0.2) is 0 Å². The number of rotatable bonds is 2. The first-order chi connectivity index (χ1) is 10.1. The molecule has 1 unspecified atom stereocenters. The number of carbonyl (C=O) groups is 1. The summed E-state index contributed by atoms with van der Waals surface area (Å²) >= 11 is 0. The zero-order chi connectivity index (χ0) is 14.8. The van der Waals surface area contributed by atoms with E-state index in [1.807, 2.05) is 18.2 Å². The summed E-state index contributed by atoms with van der Waals surface area (Å²) in [5, 5.41) is 19.0. The summed E-state index contributed by atoms with van der Waals surface area (Å²) in [4.78, 5) is 14.2. The number of likely N-dealkylation sites (tertiary alicyclic amines) is 1. The molecular weight excluding hydrogens is 266 g/mol. The van der Waals surface area contributed by atoms with Crippen LogP contribution < -0.4 is 0 Å². The maximum absolute atomic E-state index is 12.4. The fourth-order valence-electron chi connectivity index (χ4n) is 2.84. The van der Waals surface area contributed by atoms with Gasteiger partial charge in [-0.15, -0.1) is 0 Å². The highest BCUT2D eigenvalue weighted by Gasteiger charge is 2.28. The van der Waals surface area contributed by atoms with Gasteiger partial charge in [-0.2, -0.15) is 0 Å². The van der Waals surface area contributed by atoms with Crippen molar-refractivity contribution in [3.05, 3.63) is 59.7 Å². The van der Waals surface area contributed by atoms with Gasteiger partial charge in [0.15, 0.2) is 0 Å². The molecule has 0 spiro atoms. The average molecular weight is 283 g/mol. The van der Waals surface area contributed by atoms with E-state index in [0.29, 0.717) is 24.6 Å². The number of nitrogens with zero attached hydrogens (tertiary/aromatic N) is 1. The van der Waals surface area contributed by atoms with E-state index in [-0.39, 0.29) is 17.4 Å². The second-order valence-electron chi connectivity index (χ2n) is 5.39. The standard InChI is InChI=1S/C17H17NO3/c19-15-8-14(9-16(20)10-15)17(21)18-7-6-13(11-18)12-4-2-1-3-5-12/h1-5,8-10,13,19-20H,6-7,11H2. The Balaban J connectivity index is 1.75. The second-order valence-corrected chi connectivity index (χ2v) is 5.39. The second kappa shape index (κ2) is 5.48. The van der Waals surface area contributed by atoms with Crippen LogP contribution in [-0.4, -0.2) is 34.1 Å². The number of carbonyl (C=O) groups excluding carboxylic acids is 1. The quantitative estimate of drug-likeness (QED) is 0.891. The van der Waals surface area contributed by atoms with Crippen molar-refractivity contribution >= 4 is 5.91 Å². The van der Waals surface area contributed by atoms with E-state index in [1.54, 1.807) is 4.90 Å². The van der Waals surface area contributed by atoms with Crippen LogP contribution in [0.2, 0.25) is 0 Å². The Hall–Kier alpha value is -2.49. The van der Waals surface area contributed by atoms with Crippen molar-refractivity contribution in [1.29, 1.82) is 0 Å². The van der Waals surface area contributed by atoms with Crippen LogP contribution in [0.3, 0.4) is 0 Å². The normalized spacial score (nSPS) is 17.9. The number of benzene rings is 2. The van der Waals surface area contributed by atoms with Gasteiger partial charge in [0.25, 0.3) is 5.91 Å². The lowest BCUT2D eigenvalue weighted by Gasteiger charge is -2.17. The molecule has 4 heteroatoms. The number of amides is 1. The summed E-state index contributed by atoms with van der Waals surface area (Å²) < 4.78 is 0. The maximum atomic E-state index is 12.4. The maximum Gasteiger partial charge on any atom is 0.254 e. The topological polar surface area (TPSA) is 60.8 Å². The summed E-state index contributed by atoms with van der Waals surface area (Å²) in [7, 11) is 0. The molecule has 0 aliphatic carbocycles. The average Bonchev–Trinajstić information content (AvgIpc) is 2.96. The highest BCUT2D eigenvalue weighted by molar-refractivity contribution is 5.95. The van der Waals surface area contributed by atoms with Crippen molar-refractivity contribution in [2.45, 2.75) is 12.3 Å². The minimum absolute atomic E-state index is 0.0999. The van der Waals surface area contributed by atoms with E-state index in [0.717, 1.165) is 6.42 Å². The van der Waals surface area contributed by atoms with Gasteiger partial charge in [-0.3, -0.25) is 4.79 Å². The molecule has 2 aromatic rings. The van der Waals surface area contributed by atoms with Crippen LogP contribution >= 0.6 is 0 Å². The Morgan fingerprint density at radius 1 is 1.05 bits per heavy atom. The third kappa shape index (κ3) is 2.84. The molecule has 0 radical (unpaired) electrons. The van der Waals surface area contributed by atoms with Crippen LogP contribution in [0.4, 0.5) is 0 Å². The zero-order valence-corrected chi connectivity index (χ0v) is 11.6. The fourth-order valence-corrected chi connectivity index (χ4v) is 2.84. The Kier molecular flexibility index (Phi) is 3.52. The molecule has 0 aromatic heterocycles. The lowest BCUT2D eigenvalue weighted by Crippen LogP contribution is -2.28. The number of hydrogen-bond acceptors (Lipinski definition) is 3. The molecule has 1 heterocycles. The summed E-state index contributed by atoms with van der Waals surface area (Å²) in [5.74, 6) is -0.00463. The molecule has 1 aliphatic heterocycles. The Bertz CT molecular complexity index is 634. The van der Waals surface area contributed by atoms with Gasteiger partial charge in [0.2, 0.25) is 0 Å². The number of hydrogen-bond donors (Lipinski definition) is 2. The van der Waals surface area contributed by atoms with Gasteiger partial charge < -0.3 is 15.1 Å². The molecule has 1 atom stereocenters. The molecule has 1 fully saturated rings. The van der Waals surface area contributed by atoms with Crippen molar-refractivity contribution in [2.24, 2.45) is 0 Å². The predicted molar refractivity (Wildman–Crippen MR) is 79.5 cm³/mol. The molecule has 2 aromatic carbocycles. The van der Waals surface area contributed by atoms with Crippen LogP contribution in [0, 0.1) is 0 Å². The molecule has 1 amide bonds. The first-order valence-electron chi connectivity index (χ1n) is 7.01. The van der Waals surface area contributed by atoms with E-state index >= 15 is 0 Å². The van der Waals surface area contributed by atoms with Crippen LogP contribution in [-0.2, 0) is 0 Å². The Morgan fingerprint density at radius 2 is 1.71 bits per heavy atom. The van der Waals surface area contributed by atoms with Crippen molar-refractivity contribution in [3.8, 4) is 11.5 Å². The lowest BCUT2D eigenvalue weighted by molar-refractivity contribution is 0.0790. The Morgan fingerprint density at radius 3 is 2.38 bits per heavy atom. The minimum atomic E-state index is -0.153. The first-order valence-corrected chi connectivity index (χ1v) is 7.01. The van der Waals surface area contributed by atoms with E-state index in [1.165, 1.54) is 23.8 Å². The number of phenolic OH excluding ortho intramolecular Hbond substituents is 2. The molecule has 108 valence electrons. The van der Waals surface area contributed by atoms with E-state index < -0.39 is 0 Å². The third-order valence-electron chi connectivity index (χ3n) is 3.90. The highest BCUT2D eigenvalue weighted by atomic mass is 16.3. The van der Waals surface area contributed by atoms with Gasteiger partial charge in [0.1, 0.15) is 11.5 Å². The number of phenols is 2. The summed E-state index contributed by atoms with van der Waals surface area (Å²) in [6.07, 6.45) is 0.931. The van der Waals surface area contributed by atoms with Gasteiger partial charge in [0.05, 0.1) is 0 Å². The largest absolute Gasteiger partial charge is 0.508 e. The summed E-state index contributed by atoms with van der Waals surface area (Å²) in [6.45, 7) is 1.36. The molecule has 1 saturated heterocycles. The van der Waals surface area contributed by atoms with Crippen LogP contribution in [0.25, 0.3) is 0 Å². The van der Waals surface area contributed by atoms with Gasteiger partial charge >= 0.3 is 0 Å². The molecule has 21 heavy (non-hydrogen) atoms. The molecule has 0 bridgehead atoms. The fraction of sp³-hybridized carbons (Fsp3) is 0.235. The summed E-state index contributed by atoms with van der Waals surface area (Å²) in [5.41, 5.74) is 1.56. The van der Waals surface area contributed by atoms with Gasteiger partial charge in [0, 0.05) is 30.6 Å². The van der Waals surface area contributed by atoms with Crippen LogP contribution in [0.1, 0.15) is 28.3 Å². The molecule has 1 aliphatic rings. The molecule has 4 nitrogen and oxygen atoms in total. The first kappa shape index (κ1) is 13.5. The monoisotopic (exact) mass is 283 g/mol. The summed E-state index contributed by atoms with van der Waals surface area (Å²) in [6, 6.07) is 14.2. The van der Waals surface area contributed by atoms with Crippen molar-refractivity contribution in [3.63, 3.8) is 0 Å². The number of aromatic hydroxyl groups is 2. The highest BCUT2D eigenvalue weighted by Crippen LogP contribution is 2.29. The molecule has 2 N–H and O–H groups in total.